The van der Waals surface area contributed by atoms with Crippen molar-refractivity contribution in [3.63, 3.8) is 0 Å². The van der Waals surface area contributed by atoms with E-state index >= 15 is 0 Å². The Labute approximate surface area is 111 Å². The third kappa shape index (κ3) is 2.76. The number of carbonyl (C=O) groups excluding carboxylic acids is 1. The maximum absolute atomic E-state index is 11.3. The molecule has 18 heavy (non-hydrogen) atoms. The Bertz CT molecular complexity index is 450. The standard InChI is InChI=1S/C13H16ClNO3/c1-8(15-2)9-3-4-11(10(14)7-9)18-12-5-6-17-13(12)16/h3-4,7-8,12,15H,5-6H2,1-2H3. The van der Waals surface area contributed by atoms with Crippen molar-refractivity contribution >= 4 is 17.6 Å². The summed E-state index contributed by atoms with van der Waals surface area (Å²) in [6.07, 6.45) is 0.0409. The zero-order valence-electron chi connectivity index (χ0n) is 10.4. The molecule has 1 aliphatic heterocycles. The van der Waals surface area contributed by atoms with Crippen LogP contribution in [0.15, 0.2) is 18.2 Å². The SMILES string of the molecule is CNC(C)c1ccc(OC2CCOC2=O)c(Cl)c1. The number of hydrogen-bond donors (Lipinski definition) is 1. The first-order valence-corrected chi connectivity index (χ1v) is 6.29. The molecule has 1 aromatic carbocycles. The number of hydrogen-bond acceptors (Lipinski definition) is 4. The Balaban J connectivity index is 2.12. The van der Waals surface area contributed by atoms with Gasteiger partial charge in [-0.15, -0.1) is 0 Å². The van der Waals surface area contributed by atoms with Crippen molar-refractivity contribution in [3.05, 3.63) is 28.8 Å². The van der Waals surface area contributed by atoms with Gasteiger partial charge in [-0.3, -0.25) is 0 Å². The normalized spacial score (nSPS) is 20.6. The Hall–Kier alpha value is -1.26. The molecule has 0 aliphatic carbocycles. The highest BCUT2D eigenvalue weighted by Crippen LogP contribution is 2.29. The number of cyclic esters (lactones) is 1. The smallest absolute Gasteiger partial charge is 0.347 e. The van der Waals surface area contributed by atoms with Crippen molar-refractivity contribution in [2.75, 3.05) is 13.7 Å². The third-order valence-corrected chi connectivity index (χ3v) is 3.34. The van der Waals surface area contributed by atoms with Crippen LogP contribution >= 0.6 is 11.6 Å². The van der Waals surface area contributed by atoms with Gasteiger partial charge >= 0.3 is 5.97 Å². The van der Waals surface area contributed by atoms with Crippen LogP contribution in [0.4, 0.5) is 0 Å². The second-order valence-corrected chi connectivity index (χ2v) is 4.67. The van der Waals surface area contributed by atoms with Crippen LogP contribution in [0.5, 0.6) is 5.75 Å². The molecule has 0 amide bonds. The van der Waals surface area contributed by atoms with Crippen LogP contribution < -0.4 is 10.1 Å². The summed E-state index contributed by atoms with van der Waals surface area (Å²) in [6, 6.07) is 5.78. The molecule has 1 heterocycles. The summed E-state index contributed by atoms with van der Waals surface area (Å²) < 4.78 is 10.4. The van der Waals surface area contributed by atoms with Gasteiger partial charge in [0.2, 0.25) is 0 Å². The minimum absolute atomic E-state index is 0.216. The van der Waals surface area contributed by atoms with Gasteiger partial charge in [-0.25, -0.2) is 4.79 Å². The van der Waals surface area contributed by atoms with E-state index in [2.05, 4.69) is 5.32 Å². The molecule has 1 fully saturated rings. The molecule has 1 saturated heterocycles. The highest BCUT2D eigenvalue weighted by atomic mass is 35.5. The number of halogens is 1. The fourth-order valence-corrected chi connectivity index (χ4v) is 2.02. The zero-order chi connectivity index (χ0) is 13.1. The summed E-state index contributed by atoms with van der Waals surface area (Å²) in [6.45, 7) is 2.45. The van der Waals surface area contributed by atoms with Crippen molar-refractivity contribution in [1.29, 1.82) is 0 Å². The van der Waals surface area contributed by atoms with Gasteiger partial charge in [0, 0.05) is 12.5 Å². The summed E-state index contributed by atoms with van der Waals surface area (Å²) in [5.74, 6) is 0.200. The van der Waals surface area contributed by atoms with E-state index < -0.39 is 6.10 Å². The fourth-order valence-electron chi connectivity index (χ4n) is 1.79. The molecule has 0 aromatic heterocycles. The van der Waals surface area contributed by atoms with E-state index in [1.165, 1.54) is 0 Å². The summed E-state index contributed by atoms with van der Waals surface area (Å²) in [5, 5.41) is 3.64. The molecule has 1 N–H and O–H groups in total. The first-order chi connectivity index (χ1) is 8.61. The van der Waals surface area contributed by atoms with E-state index in [0.717, 1.165) is 5.56 Å². The summed E-state index contributed by atoms with van der Waals surface area (Å²) in [4.78, 5) is 11.3. The lowest BCUT2D eigenvalue weighted by Gasteiger charge is -2.15. The summed E-state index contributed by atoms with van der Waals surface area (Å²) in [5.41, 5.74) is 1.07. The Kier molecular flexibility index (Phi) is 4.09. The molecule has 0 radical (unpaired) electrons. The number of ether oxygens (including phenoxy) is 2. The molecule has 2 rings (SSSR count). The Morgan fingerprint density at radius 1 is 1.56 bits per heavy atom. The maximum Gasteiger partial charge on any atom is 0.347 e. The minimum Gasteiger partial charge on any atom is -0.477 e. The van der Waals surface area contributed by atoms with Crippen molar-refractivity contribution in [2.24, 2.45) is 0 Å². The lowest BCUT2D eigenvalue weighted by atomic mass is 10.1. The fraction of sp³-hybridized carbons (Fsp3) is 0.462. The molecular weight excluding hydrogens is 254 g/mol. The van der Waals surface area contributed by atoms with E-state index in [9.17, 15) is 4.79 Å². The van der Waals surface area contributed by atoms with Crippen LogP contribution in [0.25, 0.3) is 0 Å². The molecule has 0 bridgehead atoms. The molecular formula is C13H16ClNO3. The van der Waals surface area contributed by atoms with Crippen LogP contribution in [0, 0.1) is 0 Å². The van der Waals surface area contributed by atoms with E-state index in [1.807, 2.05) is 26.1 Å². The quantitative estimate of drug-likeness (QED) is 0.852. The first kappa shape index (κ1) is 13.2. The number of carbonyl (C=O) groups is 1. The maximum atomic E-state index is 11.3. The summed E-state index contributed by atoms with van der Waals surface area (Å²) in [7, 11) is 1.89. The molecule has 2 unspecified atom stereocenters. The van der Waals surface area contributed by atoms with Gasteiger partial charge in [-0.05, 0) is 31.7 Å². The van der Waals surface area contributed by atoms with Crippen molar-refractivity contribution in [3.8, 4) is 5.75 Å². The molecule has 0 spiro atoms. The largest absolute Gasteiger partial charge is 0.477 e. The molecule has 5 heteroatoms. The number of nitrogens with one attached hydrogen (secondary N) is 1. The van der Waals surface area contributed by atoms with Gasteiger partial charge in [0.15, 0.2) is 6.10 Å². The third-order valence-electron chi connectivity index (χ3n) is 3.05. The van der Waals surface area contributed by atoms with Crippen molar-refractivity contribution < 1.29 is 14.3 Å². The molecule has 0 saturated carbocycles. The minimum atomic E-state index is -0.532. The van der Waals surface area contributed by atoms with E-state index in [4.69, 9.17) is 21.1 Å². The van der Waals surface area contributed by atoms with Gasteiger partial charge in [0.1, 0.15) is 5.75 Å². The lowest BCUT2D eigenvalue weighted by Crippen LogP contribution is -2.22. The first-order valence-electron chi connectivity index (χ1n) is 5.92. The van der Waals surface area contributed by atoms with Crippen LogP contribution in [0.1, 0.15) is 24.9 Å². The van der Waals surface area contributed by atoms with Gasteiger partial charge < -0.3 is 14.8 Å². The second kappa shape index (κ2) is 5.59. The van der Waals surface area contributed by atoms with Gasteiger partial charge in [-0.2, -0.15) is 0 Å². The van der Waals surface area contributed by atoms with Gasteiger partial charge in [0.25, 0.3) is 0 Å². The average molecular weight is 270 g/mol. The predicted molar refractivity (Wildman–Crippen MR) is 68.9 cm³/mol. The molecule has 1 aromatic rings. The predicted octanol–water partition coefficient (Wildman–Crippen LogP) is 2.31. The van der Waals surface area contributed by atoms with Crippen LogP contribution in [0.2, 0.25) is 5.02 Å². The van der Waals surface area contributed by atoms with Crippen molar-refractivity contribution in [2.45, 2.75) is 25.5 Å². The van der Waals surface area contributed by atoms with Crippen LogP contribution in [0.3, 0.4) is 0 Å². The second-order valence-electron chi connectivity index (χ2n) is 4.26. The molecule has 1 aliphatic rings. The van der Waals surface area contributed by atoms with Crippen molar-refractivity contribution in [1.82, 2.24) is 5.32 Å². The highest BCUT2D eigenvalue weighted by Gasteiger charge is 2.29. The number of rotatable bonds is 4. The topological polar surface area (TPSA) is 47.6 Å². The van der Waals surface area contributed by atoms with Gasteiger partial charge in [0.05, 0.1) is 11.6 Å². The zero-order valence-corrected chi connectivity index (χ0v) is 11.2. The van der Waals surface area contributed by atoms with E-state index in [1.54, 1.807) is 6.07 Å². The highest BCUT2D eigenvalue weighted by molar-refractivity contribution is 6.32. The van der Waals surface area contributed by atoms with Crippen LogP contribution in [-0.4, -0.2) is 25.7 Å². The Morgan fingerprint density at radius 3 is 2.89 bits per heavy atom. The van der Waals surface area contributed by atoms with E-state index in [0.29, 0.717) is 23.8 Å². The Morgan fingerprint density at radius 2 is 2.33 bits per heavy atom. The molecule has 2 atom stereocenters. The van der Waals surface area contributed by atoms with Gasteiger partial charge in [-0.1, -0.05) is 17.7 Å². The monoisotopic (exact) mass is 269 g/mol. The average Bonchev–Trinajstić information content (AvgIpc) is 2.76. The van der Waals surface area contributed by atoms with Crippen LogP contribution in [-0.2, 0) is 9.53 Å². The molecule has 98 valence electrons. The van der Waals surface area contributed by atoms with E-state index in [-0.39, 0.29) is 12.0 Å². The summed E-state index contributed by atoms with van der Waals surface area (Å²) >= 11 is 6.15. The number of benzene rings is 1. The molecule has 4 nitrogen and oxygen atoms in total. The number of esters is 1. The lowest BCUT2D eigenvalue weighted by molar-refractivity contribution is -0.143.